The first-order valence-corrected chi connectivity index (χ1v) is 6.73. The number of aromatic nitrogens is 2. The first kappa shape index (κ1) is 13.5. The van der Waals surface area contributed by atoms with E-state index >= 15 is 0 Å². The molecule has 4 nitrogen and oxygen atoms in total. The average Bonchev–Trinajstić information content (AvgIpc) is 2.76. The summed E-state index contributed by atoms with van der Waals surface area (Å²) in [7, 11) is 0. The Morgan fingerprint density at radius 2 is 2.31 bits per heavy atom. The van der Waals surface area contributed by atoms with Gasteiger partial charge in [-0.05, 0) is 19.4 Å². The zero-order valence-electron chi connectivity index (χ0n) is 9.83. The highest BCUT2D eigenvalue weighted by molar-refractivity contribution is 7.98. The molecule has 0 bridgehead atoms. The van der Waals surface area contributed by atoms with Crippen molar-refractivity contribution in [1.29, 1.82) is 0 Å². The van der Waals surface area contributed by atoms with Crippen LogP contribution in [0.3, 0.4) is 0 Å². The topological polar surface area (TPSA) is 58.3 Å². The SMILES string of the molecule is CCC(C)n1ccc(CSCC(O)CO)n1. The van der Waals surface area contributed by atoms with Crippen LogP contribution in [0.5, 0.6) is 0 Å². The number of thioether (sulfide) groups is 1. The fraction of sp³-hybridized carbons (Fsp3) is 0.727. The van der Waals surface area contributed by atoms with E-state index in [4.69, 9.17) is 5.11 Å². The Balaban J connectivity index is 2.35. The fourth-order valence-electron chi connectivity index (χ4n) is 1.24. The number of hydrogen-bond donors (Lipinski definition) is 2. The smallest absolute Gasteiger partial charge is 0.0861 e. The van der Waals surface area contributed by atoms with Crippen molar-refractivity contribution < 1.29 is 10.2 Å². The molecular formula is C11H20N2O2S. The molecule has 0 aliphatic heterocycles. The van der Waals surface area contributed by atoms with Crippen molar-refractivity contribution in [3.05, 3.63) is 18.0 Å². The van der Waals surface area contributed by atoms with Gasteiger partial charge in [0.05, 0.1) is 18.4 Å². The minimum Gasteiger partial charge on any atom is -0.394 e. The molecule has 0 spiro atoms. The summed E-state index contributed by atoms with van der Waals surface area (Å²) in [5, 5.41) is 22.3. The fourth-order valence-corrected chi connectivity index (χ4v) is 2.10. The highest BCUT2D eigenvalue weighted by atomic mass is 32.2. The van der Waals surface area contributed by atoms with E-state index in [1.54, 1.807) is 11.8 Å². The molecule has 0 radical (unpaired) electrons. The van der Waals surface area contributed by atoms with Crippen LogP contribution in [0.15, 0.2) is 12.3 Å². The van der Waals surface area contributed by atoms with Gasteiger partial charge >= 0.3 is 0 Å². The first-order valence-electron chi connectivity index (χ1n) is 5.58. The van der Waals surface area contributed by atoms with Gasteiger partial charge in [-0.2, -0.15) is 16.9 Å². The van der Waals surface area contributed by atoms with E-state index < -0.39 is 6.10 Å². The second-order valence-electron chi connectivity index (χ2n) is 3.90. The molecule has 0 saturated heterocycles. The van der Waals surface area contributed by atoms with E-state index in [0.29, 0.717) is 11.8 Å². The molecule has 1 aromatic rings. The van der Waals surface area contributed by atoms with Crippen molar-refractivity contribution >= 4 is 11.8 Å². The molecule has 16 heavy (non-hydrogen) atoms. The zero-order valence-corrected chi connectivity index (χ0v) is 10.7. The summed E-state index contributed by atoms with van der Waals surface area (Å²) in [5.74, 6) is 1.33. The normalized spacial score (nSPS) is 15.0. The summed E-state index contributed by atoms with van der Waals surface area (Å²) in [6.07, 6.45) is 2.44. The van der Waals surface area contributed by atoms with Crippen LogP contribution in [0.4, 0.5) is 0 Å². The predicted molar refractivity (Wildman–Crippen MR) is 66.5 cm³/mol. The summed E-state index contributed by atoms with van der Waals surface area (Å²) in [5.41, 5.74) is 1.02. The van der Waals surface area contributed by atoms with Crippen LogP contribution in [0.1, 0.15) is 32.0 Å². The van der Waals surface area contributed by atoms with Gasteiger partial charge in [-0.25, -0.2) is 0 Å². The van der Waals surface area contributed by atoms with Crippen molar-refractivity contribution in [3.8, 4) is 0 Å². The third-order valence-corrected chi connectivity index (χ3v) is 3.60. The third kappa shape index (κ3) is 4.15. The number of nitrogens with zero attached hydrogens (tertiary/aromatic N) is 2. The number of rotatable bonds is 7. The lowest BCUT2D eigenvalue weighted by atomic mass is 10.3. The standard InChI is InChI=1S/C11H20N2O2S/c1-3-9(2)13-5-4-10(12-13)7-16-8-11(15)6-14/h4-5,9,11,14-15H,3,6-8H2,1-2H3. The Morgan fingerprint density at radius 1 is 1.56 bits per heavy atom. The summed E-state index contributed by atoms with van der Waals surface area (Å²) >= 11 is 1.59. The van der Waals surface area contributed by atoms with Gasteiger partial charge < -0.3 is 10.2 Å². The Morgan fingerprint density at radius 3 is 2.94 bits per heavy atom. The van der Waals surface area contributed by atoms with Crippen LogP contribution in [0.25, 0.3) is 0 Å². The molecule has 1 rings (SSSR count). The molecule has 0 aliphatic carbocycles. The highest BCUT2D eigenvalue weighted by Crippen LogP contribution is 2.14. The summed E-state index contributed by atoms with van der Waals surface area (Å²) in [6.45, 7) is 4.10. The Hall–Kier alpha value is -0.520. The number of aliphatic hydroxyl groups excluding tert-OH is 2. The molecule has 0 saturated carbocycles. The van der Waals surface area contributed by atoms with Gasteiger partial charge in [-0.15, -0.1) is 0 Å². The molecule has 2 N–H and O–H groups in total. The summed E-state index contributed by atoms with van der Waals surface area (Å²) in [4.78, 5) is 0. The van der Waals surface area contributed by atoms with E-state index in [1.165, 1.54) is 0 Å². The summed E-state index contributed by atoms with van der Waals surface area (Å²) in [6, 6.07) is 2.44. The van der Waals surface area contributed by atoms with Gasteiger partial charge in [-0.1, -0.05) is 6.92 Å². The molecule has 0 amide bonds. The van der Waals surface area contributed by atoms with E-state index in [-0.39, 0.29) is 6.61 Å². The number of aliphatic hydroxyl groups is 2. The number of hydrogen-bond acceptors (Lipinski definition) is 4. The van der Waals surface area contributed by atoms with Crippen LogP contribution < -0.4 is 0 Å². The van der Waals surface area contributed by atoms with Crippen molar-refractivity contribution in [2.75, 3.05) is 12.4 Å². The lowest BCUT2D eigenvalue weighted by Crippen LogP contribution is -2.14. The highest BCUT2D eigenvalue weighted by Gasteiger charge is 2.06. The van der Waals surface area contributed by atoms with Gasteiger partial charge in [0.1, 0.15) is 0 Å². The van der Waals surface area contributed by atoms with Crippen LogP contribution in [-0.4, -0.2) is 38.5 Å². The lowest BCUT2D eigenvalue weighted by Gasteiger charge is -2.08. The molecule has 1 heterocycles. The molecule has 0 aromatic carbocycles. The van der Waals surface area contributed by atoms with Crippen LogP contribution >= 0.6 is 11.8 Å². The maximum atomic E-state index is 9.17. The minimum atomic E-state index is -0.623. The van der Waals surface area contributed by atoms with E-state index in [1.807, 2.05) is 16.9 Å². The molecule has 5 heteroatoms. The van der Waals surface area contributed by atoms with E-state index in [2.05, 4.69) is 18.9 Å². The quantitative estimate of drug-likeness (QED) is 0.762. The van der Waals surface area contributed by atoms with Crippen LogP contribution in [0.2, 0.25) is 0 Å². The molecule has 0 aliphatic rings. The second kappa shape index (κ2) is 6.93. The third-order valence-electron chi connectivity index (χ3n) is 2.48. The molecule has 2 atom stereocenters. The predicted octanol–water partition coefficient (Wildman–Crippen LogP) is 1.44. The molecule has 92 valence electrons. The van der Waals surface area contributed by atoms with Gasteiger partial charge in [-0.3, -0.25) is 4.68 Å². The van der Waals surface area contributed by atoms with E-state index in [0.717, 1.165) is 17.9 Å². The van der Waals surface area contributed by atoms with Crippen LogP contribution in [0, 0.1) is 0 Å². The van der Waals surface area contributed by atoms with Crippen molar-refractivity contribution in [2.24, 2.45) is 0 Å². The van der Waals surface area contributed by atoms with Gasteiger partial charge in [0.15, 0.2) is 0 Å². The van der Waals surface area contributed by atoms with Crippen molar-refractivity contribution in [3.63, 3.8) is 0 Å². The maximum Gasteiger partial charge on any atom is 0.0861 e. The minimum absolute atomic E-state index is 0.172. The first-order chi connectivity index (χ1) is 7.67. The molecular weight excluding hydrogens is 224 g/mol. The van der Waals surface area contributed by atoms with Crippen LogP contribution in [-0.2, 0) is 5.75 Å². The van der Waals surface area contributed by atoms with Crippen molar-refractivity contribution in [1.82, 2.24) is 9.78 Å². The van der Waals surface area contributed by atoms with Gasteiger partial charge in [0, 0.05) is 23.7 Å². The van der Waals surface area contributed by atoms with Gasteiger partial charge in [0.2, 0.25) is 0 Å². The Bertz CT molecular complexity index is 304. The Labute approximate surface area is 101 Å². The monoisotopic (exact) mass is 244 g/mol. The molecule has 0 fully saturated rings. The van der Waals surface area contributed by atoms with Gasteiger partial charge in [0.25, 0.3) is 0 Å². The Kier molecular flexibility index (Phi) is 5.87. The average molecular weight is 244 g/mol. The second-order valence-corrected chi connectivity index (χ2v) is 4.93. The molecule has 1 aromatic heterocycles. The largest absolute Gasteiger partial charge is 0.394 e. The lowest BCUT2D eigenvalue weighted by molar-refractivity contribution is 0.113. The zero-order chi connectivity index (χ0) is 12.0. The van der Waals surface area contributed by atoms with E-state index in [9.17, 15) is 5.11 Å². The van der Waals surface area contributed by atoms with Crippen molar-refractivity contribution in [2.45, 2.75) is 38.2 Å². The summed E-state index contributed by atoms with van der Waals surface area (Å²) < 4.78 is 1.97. The molecule has 2 unspecified atom stereocenters. The maximum absolute atomic E-state index is 9.17.